The highest BCUT2D eigenvalue weighted by Crippen LogP contribution is 2.32. The molecule has 31 heavy (non-hydrogen) atoms. The predicted octanol–water partition coefficient (Wildman–Crippen LogP) is 1.57. The van der Waals surface area contributed by atoms with Crippen molar-refractivity contribution >= 4 is 17.7 Å². The topological polar surface area (TPSA) is 121 Å². The van der Waals surface area contributed by atoms with Gasteiger partial charge in [-0.15, -0.1) is 5.10 Å². The van der Waals surface area contributed by atoms with Gasteiger partial charge in [-0.1, -0.05) is 29.5 Å². The maximum atomic E-state index is 13.0. The molecule has 0 saturated carbocycles. The van der Waals surface area contributed by atoms with Gasteiger partial charge in [-0.2, -0.15) is 5.26 Å². The van der Waals surface area contributed by atoms with Gasteiger partial charge in [-0.05, 0) is 24.6 Å². The molecule has 3 aromatic rings. The molecule has 2 aliphatic heterocycles. The number of rotatable bonds is 3. The van der Waals surface area contributed by atoms with E-state index in [1.807, 2.05) is 12.1 Å². The first-order valence-corrected chi connectivity index (χ1v) is 9.75. The molecule has 1 N–H and O–H groups in total. The zero-order chi connectivity index (χ0) is 21.5. The molecule has 3 heterocycles. The van der Waals surface area contributed by atoms with E-state index in [0.717, 1.165) is 5.56 Å². The summed E-state index contributed by atoms with van der Waals surface area (Å²) >= 11 is 0. The van der Waals surface area contributed by atoms with Crippen molar-refractivity contribution in [1.82, 2.24) is 25.2 Å². The lowest BCUT2D eigenvalue weighted by molar-refractivity contribution is -0.136. The number of fused-ring (bicyclic) bond motifs is 1. The fourth-order valence-corrected chi connectivity index (χ4v) is 4.09. The summed E-state index contributed by atoms with van der Waals surface area (Å²) in [5.41, 5.74) is 3.62. The Labute approximate surface area is 176 Å². The van der Waals surface area contributed by atoms with E-state index in [4.69, 9.17) is 0 Å². The second-order valence-electron chi connectivity index (χ2n) is 7.41. The summed E-state index contributed by atoms with van der Waals surface area (Å²) in [6.07, 6.45) is 2.22. The largest absolute Gasteiger partial charge is 0.322 e. The average Bonchev–Trinajstić information content (AvgIpc) is 3.39. The molecule has 2 aromatic carbocycles. The van der Waals surface area contributed by atoms with Crippen LogP contribution in [0.4, 0.5) is 0 Å². The third-order valence-electron chi connectivity index (χ3n) is 5.62. The highest BCUT2D eigenvalue weighted by molar-refractivity contribution is 6.05. The molecule has 2 aliphatic rings. The van der Waals surface area contributed by atoms with Crippen molar-refractivity contribution in [3.63, 3.8) is 0 Å². The van der Waals surface area contributed by atoms with Crippen LogP contribution in [0.25, 0.3) is 16.9 Å². The monoisotopic (exact) mass is 412 g/mol. The van der Waals surface area contributed by atoms with Crippen LogP contribution in [0.15, 0.2) is 48.7 Å². The molecule has 1 atom stereocenters. The Kier molecular flexibility index (Phi) is 4.33. The standard InChI is InChI=1S/C22H16N6O3/c23-10-13-4-1-2-5-14(13)17-12-28(26-25-17)18-7-3-6-15-16(18)11-27(22(15)31)19-8-9-20(29)24-21(19)30/h1-7,12,19H,8-9,11H2,(H,24,29,30). The van der Waals surface area contributed by atoms with Gasteiger partial charge in [0.15, 0.2) is 0 Å². The van der Waals surface area contributed by atoms with Gasteiger partial charge < -0.3 is 4.90 Å². The van der Waals surface area contributed by atoms with Crippen LogP contribution in [0.5, 0.6) is 0 Å². The van der Waals surface area contributed by atoms with Crippen LogP contribution in [0, 0.1) is 11.3 Å². The van der Waals surface area contributed by atoms with Gasteiger partial charge >= 0.3 is 0 Å². The van der Waals surface area contributed by atoms with Crippen molar-refractivity contribution < 1.29 is 14.4 Å². The summed E-state index contributed by atoms with van der Waals surface area (Å²) < 4.78 is 1.57. The molecule has 0 spiro atoms. The second kappa shape index (κ2) is 7.18. The fourth-order valence-electron chi connectivity index (χ4n) is 4.09. The Bertz CT molecular complexity index is 1290. The summed E-state index contributed by atoms with van der Waals surface area (Å²) in [5, 5.41) is 20.1. The first kappa shape index (κ1) is 18.7. The summed E-state index contributed by atoms with van der Waals surface area (Å²) in [6, 6.07) is 13.9. The number of nitrogens with one attached hydrogen (secondary N) is 1. The number of carbonyl (C=O) groups is 3. The van der Waals surface area contributed by atoms with Gasteiger partial charge in [-0.25, -0.2) is 4.68 Å². The van der Waals surface area contributed by atoms with E-state index in [2.05, 4.69) is 21.7 Å². The number of amides is 3. The third kappa shape index (κ3) is 3.05. The van der Waals surface area contributed by atoms with E-state index in [0.29, 0.717) is 34.5 Å². The van der Waals surface area contributed by atoms with Gasteiger partial charge in [0.2, 0.25) is 11.8 Å². The summed E-state index contributed by atoms with van der Waals surface area (Å²) in [7, 11) is 0. The summed E-state index contributed by atoms with van der Waals surface area (Å²) in [5.74, 6) is -1.02. The molecule has 1 unspecified atom stereocenters. The lowest BCUT2D eigenvalue weighted by atomic mass is 10.0. The fraction of sp³-hybridized carbons (Fsp3) is 0.182. The minimum absolute atomic E-state index is 0.203. The van der Waals surface area contributed by atoms with E-state index in [-0.39, 0.29) is 24.8 Å². The highest BCUT2D eigenvalue weighted by atomic mass is 16.2. The molecule has 0 radical (unpaired) electrons. The second-order valence-corrected chi connectivity index (χ2v) is 7.41. The van der Waals surface area contributed by atoms with Crippen molar-refractivity contribution in [2.75, 3.05) is 0 Å². The van der Waals surface area contributed by atoms with Gasteiger partial charge in [0.05, 0.1) is 23.5 Å². The minimum atomic E-state index is -0.681. The smallest absolute Gasteiger partial charge is 0.255 e. The first-order valence-electron chi connectivity index (χ1n) is 9.75. The molecule has 3 amide bonds. The molecule has 1 aromatic heterocycles. The minimum Gasteiger partial charge on any atom is -0.322 e. The normalized spacial score (nSPS) is 18.0. The quantitative estimate of drug-likeness (QED) is 0.652. The number of imide groups is 1. The zero-order valence-electron chi connectivity index (χ0n) is 16.3. The lowest BCUT2D eigenvalue weighted by Crippen LogP contribution is -2.52. The SMILES string of the molecule is N#Cc1ccccc1-c1cn(-c2cccc3c2CN(C2CCC(=O)NC2=O)C3=O)nn1. The Hall–Kier alpha value is -4.32. The van der Waals surface area contributed by atoms with Gasteiger partial charge in [-0.3, -0.25) is 19.7 Å². The Balaban J connectivity index is 1.50. The summed E-state index contributed by atoms with van der Waals surface area (Å²) in [6.45, 7) is 0.237. The molecule has 1 saturated heterocycles. The average molecular weight is 412 g/mol. The van der Waals surface area contributed by atoms with Crippen molar-refractivity contribution in [2.45, 2.75) is 25.4 Å². The number of aromatic nitrogens is 3. The third-order valence-corrected chi connectivity index (χ3v) is 5.62. The van der Waals surface area contributed by atoms with Crippen LogP contribution < -0.4 is 5.32 Å². The number of benzene rings is 2. The highest BCUT2D eigenvalue weighted by Gasteiger charge is 2.40. The Morgan fingerprint density at radius 3 is 2.68 bits per heavy atom. The van der Waals surface area contributed by atoms with Gasteiger partial charge in [0.25, 0.3) is 5.91 Å². The number of piperidine rings is 1. The van der Waals surface area contributed by atoms with E-state index in [9.17, 15) is 19.6 Å². The van der Waals surface area contributed by atoms with Crippen molar-refractivity contribution in [3.8, 4) is 23.0 Å². The number of nitriles is 1. The predicted molar refractivity (Wildman–Crippen MR) is 108 cm³/mol. The lowest BCUT2D eigenvalue weighted by Gasteiger charge is -2.29. The van der Waals surface area contributed by atoms with Crippen LogP contribution in [0.2, 0.25) is 0 Å². The van der Waals surface area contributed by atoms with Gasteiger partial charge in [0, 0.05) is 29.7 Å². The van der Waals surface area contributed by atoms with Crippen LogP contribution >= 0.6 is 0 Å². The van der Waals surface area contributed by atoms with E-state index >= 15 is 0 Å². The zero-order valence-corrected chi connectivity index (χ0v) is 16.3. The van der Waals surface area contributed by atoms with Crippen molar-refractivity contribution in [1.29, 1.82) is 5.26 Å². The Morgan fingerprint density at radius 1 is 1.06 bits per heavy atom. The molecule has 0 bridgehead atoms. The molecule has 152 valence electrons. The molecule has 5 rings (SSSR count). The van der Waals surface area contributed by atoms with Crippen LogP contribution in [-0.4, -0.2) is 43.7 Å². The molecule has 1 fully saturated rings. The summed E-state index contributed by atoms with van der Waals surface area (Å²) in [4.78, 5) is 38.2. The van der Waals surface area contributed by atoms with Crippen LogP contribution in [-0.2, 0) is 16.1 Å². The van der Waals surface area contributed by atoms with E-state index in [1.54, 1.807) is 41.2 Å². The maximum absolute atomic E-state index is 13.0. The van der Waals surface area contributed by atoms with E-state index < -0.39 is 11.9 Å². The molecule has 0 aliphatic carbocycles. The maximum Gasteiger partial charge on any atom is 0.255 e. The van der Waals surface area contributed by atoms with Gasteiger partial charge in [0.1, 0.15) is 11.7 Å². The van der Waals surface area contributed by atoms with Crippen LogP contribution in [0.1, 0.15) is 34.3 Å². The molecular formula is C22H16N6O3. The molecular weight excluding hydrogens is 396 g/mol. The van der Waals surface area contributed by atoms with Crippen molar-refractivity contribution in [2.24, 2.45) is 0 Å². The van der Waals surface area contributed by atoms with Crippen molar-refractivity contribution in [3.05, 3.63) is 65.4 Å². The van der Waals surface area contributed by atoms with E-state index in [1.165, 1.54) is 4.90 Å². The first-order chi connectivity index (χ1) is 15.1. The molecule has 9 heteroatoms. The number of hydrogen-bond acceptors (Lipinski definition) is 6. The Morgan fingerprint density at radius 2 is 1.87 bits per heavy atom. The molecule has 9 nitrogen and oxygen atoms in total. The number of hydrogen-bond donors (Lipinski definition) is 1. The number of nitrogens with zero attached hydrogens (tertiary/aromatic N) is 5. The number of carbonyl (C=O) groups excluding carboxylic acids is 3. The van der Waals surface area contributed by atoms with Crippen LogP contribution in [0.3, 0.4) is 0 Å².